The van der Waals surface area contributed by atoms with Crippen LogP contribution < -0.4 is 5.73 Å². The van der Waals surface area contributed by atoms with Gasteiger partial charge in [0.2, 0.25) is 0 Å². The first kappa shape index (κ1) is 15.9. The van der Waals surface area contributed by atoms with Gasteiger partial charge >= 0.3 is 0 Å². The van der Waals surface area contributed by atoms with Crippen molar-refractivity contribution in [2.24, 2.45) is 5.73 Å². The van der Waals surface area contributed by atoms with Crippen LogP contribution in [-0.2, 0) is 6.42 Å². The van der Waals surface area contributed by atoms with E-state index in [-0.39, 0.29) is 0 Å². The van der Waals surface area contributed by atoms with Crippen molar-refractivity contribution >= 4 is 11.3 Å². The molecule has 0 fully saturated rings. The minimum absolute atomic E-state index is 0.607. The molecule has 104 valence electrons. The number of nitrogens with two attached hydrogens (primary N) is 1. The van der Waals surface area contributed by atoms with Gasteiger partial charge in [-0.2, -0.15) is 0 Å². The van der Waals surface area contributed by atoms with Crippen LogP contribution in [0.1, 0.15) is 44.1 Å². The van der Waals surface area contributed by atoms with Gasteiger partial charge < -0.3 is 5.73 Å². The molecule has 1 nitrogen and oxygen atoms in total. The Hall–Kier alpha value is -1.12. The molecule has 0 saturated carbocycles. The lowest BCUT2D eigenvalue weighted by molar-refractivity contribution is 0.890. The zero-order valence-electron chi connectivity index (χ0n) is 12.4. The average molecular weight is 275 g/mol. The Morgan fingerprint density at radius 1 is 1.05 bits per heavy atom. The largest absolute Gasteiger partial charge is 0.330 e. The molecule has 2 aromatic rings. The average Bonchev–Trinajstić information content (AvgIpc) is 2.92. The molecule has 0 unspecified atom stereocenters. The highest BCUT2D eigenvalue weighted by Crippen LogP contribution is 2.33. The van der Waals surface area contributed by atoms with Crippen molar-refractivity contribution in [1.29, 1.82) is 0 Å². The van der Waals surface area contributed by atoms with Crippen molar-refractivity contribution < 1.29 is 0 Å². The SMILES string of the molecule is CC.CC(C)c1ccc(-c2ccccc2CCN)s1. The Morgan fingerprint density at radius 3 is 2.32 bits per heavy atom. The van der Waals surface area contributed by atoms with Crippen LogP contribution in [0.25, 0.3) is 10.4 Å². The van der Waals surface area contributed by atoms with Gasteiger partial charge in [-0.05, 0) is 42.1 Å². The molecule has 0 amide bonds. The van der Waals surface area contributed by atoms with Gasteiger partial charge in [0.25, 0.3) is 0 Å². The van der Waals surface area contributed by atoms with Crippen LogP contribution in [0.4, 0.5) is 0 Å². The first-order chi connectivity index (χ1) is 9.22. The maximum Gasteiger partial charge on any atom is 0.0348 e. The molecular weight excluding hydrogens is 250 g/mol. The van der Waals surface area contributed by atoms with E-state index in [2.05, 4.69) is 50.2 Å². The Bertz CT molecular complexity index is 486. The molecule has 0 aliphatic rings. The van der Waals surface area contributed by atoms with E-state index in [9.17, 15) is 0 Å². The molecule has 2 rings (SSSR count). The summed E-state index contributed by atoms with van der Waals surface area (Å²) in [7, 11) is 0. The van der Waals surface area contributed by atoms with Gasteiger partial charge in [0.1, 0.15) is 0 Å². The summed E-state index contributed by atoms with van der Waals surface area (Å²) in [6.45, 7) is 9.18. The quantitative estimate of drug-likeness (QED) is 0.828. The molecule has 19 heavy (non-hydrogen) atoms. The molecule has 0 radical (unpaired) electrons. The summed E-state index contributed by atoms with van der Waals surface area (Å²) < 4.78 is 0. The lowest BCUT2D eigenvalue weighted by atomic mass is 10.0. The zero-order chi connectivity index (χ0) is 14.3. The minimum atomic E-state index is 0.607. The molecule has 1 aromatic heterocycles. The van der Waals surface area contributed by atoms with E-state index in [1.807, 2.05) is 25.2 Å². The second-order valence-electron chi connectivity index (χ2n) is 4.55. The van der Waals surface area contributed by atoms with Crippen LogP contribution in [0.3, 0.4) is 0 Å². The fourth-order valence-corrected chi connectivity index (χ4v) is 3.01. The third kappa shape index (κ3) is 4.19. The van der Waals surface area contributed by atoms with Crippen molar-refractivity contribution in [1.82, 2.24) is 0 Å². The van der Waals surface area contributed by atoms with Gasteiger partial charge in [0.05, 0.1) is 0 Å². The van der Waals surface area contributed by atoms with Gasteiger partial charge in [0.15, 0.2) is 0 Å². The highest BCUT2D eigenvalue weighted by molar-refractivity contribution is 7.15. The molecule has 0 aliphatic heterocycles. The summed E-state index contributed by atoms with van der Waals surface area (Å²) >= 11 is 1.89. The molecule has 0 atom stereocenters. The van der Waals surface area contributed by atoms with Gasteiger partial charge in [-0.1, -0.05) is 52.0 Å². The standard InChI is InChI=1S/C15H19NS.C2H6/c1-11(2)14-7-8-15(17-14)13-6-4-3-5-12(13)9-10-16;1-2/h3-8,11H,9-10,16H2,1-2H3;1-2H3. The van der Waals surface area contributed by atoms with E-state index in [1.54, 1.807) is 0 Å². The van der Waals surface area contributed by atoms with Crippen LogP contribution >= 0.6 is 11.3 Å². The monoisotopic (exact) mass is 275 g/mol. The van der Waals surface area contributed by atoms with Crippen LogP contribution in [0.5, 0.6) is 0 Å². The highest BCUT2D eigenvalue weighted by atomic mass is 32.1. The predicted octanol–water partition coefficient (Wildman–Crippen LogP) is 5.07. The van der Waals surface area contributed by atoms with Crippen molar-refractivity contribution in [2.75, 3.05) is 6.54 Å². The number of benzene rings is 1. The van der Waals surface area contributed by atoms with Crippen LogP contribution in [-0.4, -0.2) is 6.54 Å². The first-order valence-electron chi connectivity index (χ1n) is 7.10. The molecule has 1 heterocycles. The summed E-state index contributed by atoms with van der Waals surface area (Å²) in [5.41, 5.74) is 8.36. The van der Waals surface area contributed by atoms with Crippen molar-refractivity contribution in [3.63, 3.8) is 0 Å². The minimum Gasteiger partial charge on any atom is -0.330 e. The smallest absolute Gasteiger partial charge is 0.0348 e. The predicted molar refractivity (Wildman–Crippen MR) is 88.0 cm³/mol. The zero-order valence-corrected chi connectivity index (χ0v) is 13.3. The summed E-state index contributed by atoms with van der Waals surface area (Å²) in [5.74, 6) is 0.607. The summed E-state index contributed by atoms with van der Waals surface area (Å²) in [6.07, 6.45) is 0.949. The Kier molecular flexibility index (Phi) is 6.82. The van der Waals surface area contributed by atoms with Crippen LogP contribution in [0.2, 0.25) is 0 Å². The van der Waals surface area contributed by atoms with E-state index in [1.165, 1.54) is 20.9 Å². The molecule has 2 heteroatoms. The molecule has 2 N–H and O–H groups in total. The van der Waals surface area contributed by atoms with E-state index >= 15 is 0 Å². The summed E-state index contributed by atoms with van der Waals surface area (Å²) in [6, 6.07) is 13.0. The Labute approximate surface area is 121 Å². The maximum absolute atomic E-state index is 5.66. The molecule has 1 aromatic carbocycles. The molecule has 0 aliphatic carbocycles. The third-order valence-electron chi connectivity index (χ3n) is 2.89. The Balaban J connectivity index is 0.000000861. The van der Waals surface area contributed by atoms with Gasteiger partial charge in [-0.15, -0.1) is 11.3 Å². The second-order valence-corrected chi connectivity index (χ2v) is 5.67. The van der Waals surface area contributed by atoms with Gasteiger partial charge in [-0.25, -0.2) is 0 Å². The fraction of sp³-hybridized carbons (Fsp3) is 0.412. The lowest BCUT2D eigenvalue weighted by Crippen LogP contribution is -2.03. The topological polar surface area (TPSA) is 26.0 Å². The highest BCUT2D eigenvalue weighted by Gasteiger charge is 2.08. The third-order valence-corrected chi connectivity index (χ3v) is 4.31. The lowest BCUT2D eigenvalue weighted by Gasteiger charge is -2.06. The number of hydrogen-bond donors (Lipinski definition) is 1. The van der Waals surface area contributed by atoms with Crippen LogP contribution in [0.15, 0.2) is 36.4 Å². The normalized spacial score (nSPS) is 10.2. The first-order valence-corrected chi connectivity index (χ1v) is 7.92. The van der Waals surface area contributed by atoms with Crippen molar-refractivity contribution in [3.05, 3.63) is 46.8 Å². The number of thiophene rings is 1. The fourth-order valence-electron chi connectivity index (χ4n) is 1.94. The number of hydrogen-bond acceptors (Lipinski definition) is 2. The van der Waals surface area contributed by atoms with Crippen molar-refractivity contribution in [2.45, 2.75) is 40.0 Å². The van der Waals surface area contributed by atoms with E-state index in [0.29, 0.717) is 12.5 Å². The van der Waals surface area contributed by atoms with E-state index < -0.39 is 0 Å². The van der Waals surface area contributed by atoms with E-state index in [4.69, 9.17) is 5.73 Å². The van der Waals surface area contributed by atoms with E-state index in [0.717, 1.165) is 6.42 Å². The Morgan fingerprint density at radius 2 is 1.74 bits per heavy atom. The van der Waals surface area contributed by atoms with Crippen LogP contribution in [0, 0.1) is 0 Å². The maximum atomic E-state index is 5.66. The van der Waals surface area contributed by atoms with Gasteiger partial charge in [0, 0.05) is 9.75 Å². The molecule has 0 saturated heterocycles. The summed E-state index contributed by atoms with van der Waals surface area (Å²) in [4.78, 5) is 2.81. The second kappa shape index (κ2) is 8.13. The molecular formula is C17H25NS. The molecule has 0 bridgehead atoms. The summed E-state index contributed by atoms with van der Waals surface area (Å²) in [5, 5.41) is 0. The number of rotatable bonds is 4. The van der Waals surface area contributed by atoms with Gasteiger partial charge in [-0.3, -0.25) is 0 Å². The molecule has 0 spiro atoms. The van der Waals surface area contributed by atoms with Crippen molar-refractivity contribution in [3.8, 4) is 10.4 Å².